The lowest BCUT2D eigenvalue weighted by molar-refractivity contribution is 0.0635. The molecule has 0 saturated heterocycles. The minimum absolute atomic E-state index is 0.149. The SMILES string of the molecule is CNC(=O)c1ccc(CN(C)C(=O)c2ccc(NC(=O)OC(C)(C)C)cc2)cc1. The highest BCUT2D eigenvalue weighted by atomic mass is 16.6. The molecule has 154 valence electrons. The standard InChI is InChI=1S/C22H27N3O4/c1-22(2,3)29-21(28)24-18-12-10-17(11-13-18)20(27)25(5)14-15-6-8-16(9-7-15)19(26)23-4/h6-13H,14H2,1-5H3,(H,23,26)(H,24,28). The lowest BCUT2D eigenvalue weighted by Gasteiger charge is -2.20. The number of amides is 3. The molecule has 0 aromatic heterocycles. The van der Waals surface area contributed by atoms with E-state index in [1.807, 2.05) is 12.1 Å². The van der Waals surface area contributed by atoms with Crippen LogP contribution in [0.2, 0.25) is 0 Å². The predicted molar refractivity (Wildman–Crippen MR) is 112 cm³/mol. The zero-order valence-electron chi connectivity index (χ0n) is 17.4. The number of ether oxygens (including phenoxy) is 1. The average Bonchev–Trinajstić information content (AvgIpc) is 2.66. The second-order valence-corrected chi connectivity index (χ2v) is 7.64. The van der Waals surface area contributed by atoms with Gasteiger partial charge in [0.15, 0.2) is 0 Å². The van der Waals surface area contributed by atoms with Crippen LogP contribution in [0.25, 0.3) is 0 Å². The lowest BCUT2D eigenvalue weighted by atomic mass is 10.1. The lowest BCUT2D eigenvalue weighted by Crippen LogP contribution is -2.27. The molecule has 29 heavy (non-hydrogen) atoms. The van der Waals surface area contributed by atoms with E-state index in [9.17, 15) is 14.4 Å². The van der Waals surface area contributed by atoms with Crippen molar-refractivity contribution in [2.24, 2.45) is 0 Å². The molecule has 7 heteroatoms. The third-order valence-electron chi connectivity index (χ3n) is 3.99. The summed E-state index contributed by atoms with van der Waals surface area (Å²) in [6.45, 7) is 5.77. The Kier molecular flexibility index (Phi) is 6.98. The first-order chi connectivity index (χ1) is 13.6. The van der Waals surface area contributed by atoms with E-state index in [1.165, 1.54) is 0 Å². The molecule has 0 fully saturated rings. The van der Waals surface area contributed by atoms with E-state index in [0.717, 1.165) is 5.56 Å². The number of rotatable bonds is 5. The van der Waals surface area contributed by atoms with Gasteiger partial charge in [-0.2, -0.15) is 0 Å². The zero-order chi connectivity index (χ0) is 21.6. The summed E-state index contributed by atoms with van der Waals surface area (Å²) in [6.07, 6.45) is -0.547. The van der Waals surface area contributed by atoms with Crippen LogP contribution >= 0.6 is 0 Å². The van der Waals surface area contributed by atoms with Crippen molar-refractivity contribution in [3.05, 3.63) is 65.2 Å². The largest absolute Gasteiger partial charge is 0.444 e. The molecule has 0 spiro atoms. The molecule has 0 heterocycles. The van der Waals surface area contributed by atoms with Crippen molar-refractivity contribution >= 4 is 23.6 Å². The minimum atomic E-state index is -0.582. The van der Waals surface area contributed by atoms with Crippen LogP contribution in [0.5, 0.6) is 0 Å². The van der Waals surface area contributed by atoms with Gasteiger partial charge in [0.25, 0.3) is 11.8 Å². The summed E-state index contributed by atoms with van der Waals surface area (Å²) in [6, 6.07) is 13.7. The molecule has 0 unspecified atom stereocenters. The number of carbonyl (C=O) groups excluding carboxylic acids is 3. The summed E-state index contributed by atoms with van der Waals surface area (Å²) in [5.74, 6) is -0.301. The Morgan fingerprint density at radius 2 is 1.48 bits per heavy atom. The monoisotopic (exact) mass is 397 g/mol. The number of nitrogens with zero attached hydrogens (tertiary/aromatic N) is 1. The van der Waals surface area contributed by atoms with E-state index in [2.05, 4.69) is 10.6 Å². The molecular formula is C22H27N3O4. The van der Waals surface area contributed by atoms with Crippen LogP contribution in [0.15, 0.2) is 48.5 Å². The number of nitrogens with one attached hydrogen (secondary N) is 2. The second kappa shape index (κ2) is 9.23. The van der Waals surface area contributed by atoms with E-state index in [4.69, 9.17) is 4.74 Å². The maximum atomic E-state index is 12.6. The van der Waals surface area contributed by atoms with E-state index < -0.39 is 11.7 Å². The zero-order valence-corrected chi connectivity index (χ0v) is 17.4. The molecule has 0 saturated carbocycles. The highest BCUT2D eigenvalue weighted by Gasteiger charge is 2.17. The maximum Gasteiger partial charge on any atom is 0.412 e. The van der Waals surface area contributed by atoms with Crippen molar-refractivity contribution in [1.29, 1.82) is 0 Å². The molecule has 2 aromatic rings. The first kappa shape index (κ1) is 21.9. The highest BCUT2D eigenvalue weighted by Crippen LogP contribution is 2.15. The van der Waals surface area contributed by atoms with Crippen molar-refractivity contribution < 1.29 is 19.1 Å². The molecule has 0 atom stereocenters. The Labute approximate surface area is 171 Å². The van der Waals surface area contributed by atoms with Gasteiger partial charge in [0, 0.05) is 37.5 Å². The van der Waals surface area contributed by atoms with E-state index in [-0.39, 0.29) is 11.8 Å². The van der Waals surface area contributed by atoms with Gasteiger partial charge in [0.2, 0.25) is 0 Å². The first-order valence-corrected chi connectivity index (χ1v) is 9.25. The summed E-state index contributed by atoms with van der Waals surface area (Å²) in [5.41, 5.74) is 1.95. The second-order valence-electron chi connectivity index (χ2n) is 7.64. The van der Waals surface area contributed by atoms with Gasteiger partial charge < -0.3 is 15.0 Å². The molecule has 0 bridgehead atoms. The fourth-order valence-corrected chi connectivity index (χ4v) is 2.59. The fourth-order valence-electron chi connectivity index (χ4n) is 2.59. The van der Waals surface area contributed by atoms with Crippen molar-refractivity contribution in [2.45, 2.75) is 32.9 Å². The minimum Gasteiger partial charge on any atom is -0.444 e. The average molecular weight is 397 g/mol. The Morgan fingerprint density at radius 1 is 0.931 bits per heavy atom. The molecule has 0 aliphatic heterocycles. The van der Waals surface area contributed by atoms with Gasteiger partial charge in [-0.25, -0.2) is 4.79 Å². The van der Waals surface area contributed by atoms with Crippen LogP contribution in [0.1, 0.15) is 47.1 Å². The smallest absolute Gasteiger partial charge is 0.412 e. The van der Waals surface area contributed by atoms with Gasteiger partial charge in [-0.3, -0.25) is 14.9 Å². The van der Waals surface area contributed by atoms with Crippen LogP contribution in [0, 0.1) is 0 Å². The number of carbonyl (C=O) groups is 3. The molecule has 0 aliphatic rings. The van der Waals surface area contributed by atoms with Crippen LogP contribution in [0.4, 0.5) is 10.5 Å². The molecular weight excluding hydrogens is 370 g/mol. The van der Waals surface area contributed by atoms with E-state index in [1.54, 1.807) is 76.2 Å². The van der Waals surface area contributed by atoms with Crippen molar-refractivity contribution in [1.82, 2.24) is 10.2 Å². The normalized spacial score (nSPS) is 10.8. The third-order valence-corrected chi connectivity index (χ3v) is 3.99. The van der Waals surface area contributed by atoms with Crippen LogP contribution in [-0.4, -0.2) is 42.5 Å². The number of anilines is 1. The number of hydrogen-bond donors (Lipinski definition) is 2. The van der Waals surface area contributed by atoms with Gasteiger partial charge >= 0.3 is 6.09 Å². The van der Waals surface area contributed by atoms with Crippen LogP contribution < -0.4 is 10.6 Å². The third kappa shape index (κ3) is 6.64. The predicted octanol–water partition coefficient (Wildman–Crippen LogP) is 3.67. The Balaban J connectivity index is 1.97. The summed E-state index contributed by atoms with van der Waals surface area (Å²) in [7, 11) is 3.29. The van der Waals surface area contributed by atoms with Crippen LogP contribution in [-0.2, 0) is 11.3 Å². The number of hydrogen-bond acceptors (Lipinski definition) is 4. The Bertz CT molecular complexity index is 868. The number of benzene rings is 2. The Hall–Kier alpha value is -3.35. The van der Waals surface area contributed by atoms with Gasteiger partial charge in [0.05, 0.1) is 0 Å². The molecule has 2 aromatic carbocycles. The van der Waals surface area contributed by atoms with Crippen molar-refractivity contribution in [3.63, 3.8) is 0 Å². The van der Waals surface area contributed by atoms with Crippen molar-refractivity contribution in [2.75, 3.05) is 19.4 Å². The molecule has 2 rings (SSSR count). The quantitative estimate of drug-likeness (QED) is 0.806. The van der Waals surface area contributed by atoms with Gasteiger partial charge in [-0.1, -0.05) is 12.1 Å². The highest BCUT2D eigenvalue weighted by molar-refractivity contribution is 5.95. The summed E-state index contributed by atoms with van der Waals surface area (Å²) in [5, 5.41) is 5.21. The summed E-state index contributed by atoms with van der Waals surface area (Å²) >= 11 is 0. The Morgan fingerprint density at radius 3 is 2.00 bits per heavy atom. The van der Waals surface area contributed by atoms with Crippen LogP contribution in [0.3, 0.4) is 0 Å². The summed E-state index contributed by atoms with van der Waals surface area (Å²) < 4.78 is 5.20. The first-order valence-electron chi connectivity index (χ1n) is 9.25. The van der Waals surface area contributed by atoms with Crippen molar-refractivity contribution in [3.8, 4) is 0 Å². The van der Waals surface area contributed by atoms with Gasteiger partial charge in [-0.05, 0) is 62.7 Å². The molecule has 3 amide bonds. The molecule has 2 N–H and O–H groups in total. The molecule has 7 nitrogen and oxygen atoms in total. The van der Waals surface area contributed by atoms with Gasteiger partial charge in [-0.15, -0.1) is 0 Å². The fraction of sp³-hybridized carbons (Fsp3) is 0.318. The summed E-state index contributed by atoms with van der Waals surface area (Å²) in [4.78, 5) is 37.6. The molecule has 0 radical (unpaired) electrons. The van der Waals surface area contributed by atoms with E-state index >= 15 is 0 Å². The maximum absolute atomic E-state index is 12.6. The topological polar surface area (TPSA) is 87.7 Å². The molecule has 0 aliphatic carbocycles. The van der Waals surface area contributed by atoms with E-state index in [0.29, 0.717) is 23.4 Å². The van der Waals surface area contributed by atoms with Gasteiger partial charge in [0.1, 0.15) is 5.60 Å².